The first-order valence-corrected chi connectivity index (χ1v) is 8.30. The van der Waals surface area contributed by atoms with Crippen LogP contribution in [0.15, 0.2) is 22.9 Å². The van der Waals surface area contributed by atoms with E-state index in [1.54, 1.807) is 0 Å². The Hall–Kier alpha value is -1.09. The van der Waals surface area contributed by atoms with Crippen LogP contribution in [0.1, 0.15) is 52.9 Å². The fourth-order valence-corrected chi connectivity index (χ4v) is 4.62. The summed E-state index contributed by atoms with van der Waals surface area (Å²) in [6, 6.07) is 0. The summed E-state index contributed by atoms with van der Waals surface area (Å²) in [5.74, 6) is 0.658. The molecule has 1 aliphatic heterocycles. The number of carbonyl (C=O) groups is 1. The zero-order valence-electron chi connectivity index (χ0n) is 13.4. The van der Waals surface area contributed by atoms with Crippen molar-refractivity contribution in [3.05, 3.63) is 22.9 Å². The Morgan fingerprint density at radius 2 is 2.14 bits per heavy atom. The van der Waals surface area contributed by atoms with Crippen molar-refractivity contribution in [3.8, 4) is 0 Å². The van der Waals surface area contributed by atoms with E-state index in [4.69, 9.17) is 0 Å². The highest BCUT2D eigenvalue weighted by molar-refractivity contribution is 5.98. The van der Waals surface area contributed by atoms with Gasteiger partial charge in [-0.25, -0.2) is 0 Å². The van der Waals surface area contributed by atoms with Crippen LogP contribution in [0.2, 0.25) is 0 Å². The number of fused-ring (bicyclic) bond motifs is 1. The Labute approximate surface area is 127 Å². The minimum absolute atomic E-state index is 0.0345. The highest BCUT2D eigenvalue weighted by Crippen LogP contribution is 2.53. The summed E-state index contributed by atoms with van der Waals surface area (Å²) in [7, 11) is 0. The molecular formula is C18H27NO2. The van der Waals surface area contributed by atoms with Gasteiger partial charge in [-0.05, 0) is 55.7 Å². The Kier molecular flexibility index (Phi) is 3.73. The van der Waals surface area contributed by atoms with Crippen molar-refractivity contribution in [1.82, 2.24) is 5.32 Å². The van der Waals surface area contributed by atoms with Crippen LogP contribution in [0, 0.1) is 17.3 Å². The number of aliphatic hydroxyl groups is 1. The average molecular weight is 289 g/mol. The van der Waals surface area contributed by atoms with Crippen LogP contribution >= 0.6 is 0 Å². The molecule has 3 nitrogen and oxygen atoms in total. The van der Waals surface area contributed by atoms with Crippen molar-refractivity contribution in [3.63, 3.8) is 0 Å². The van der Waals surface area contributed by atoms with Crippen molar-refractivity contribution in [1.29, 1.82) is 0 Å². The molecular weight excluding hydrogens is 262 g/mol. The van der Waals surface area contributed by atoms with Crippen LogP contribution in [0.3, 0.4) is 0 Å². The van der Waals surface area contributed by atoms with E-state index in [0.29, 0.717) is 11.7 Å². The van der Waals surface area contributed by atoms with Crippen molar-refractivity contribution in [2.45, 2.75) is 59.0 Å². The largest absolute Gasteiger partial charge is 0.393 e. The summed E-state index contributed by atoms with van der Waals surface area (Å²) >= 11 is 0. The number of Topliss-reactive ketones (excluding diaryl/α,β-unsaturated/α-hetero) is 1. The summed E-state index contributed by atoms with van der Waals surface area (Å²) < 4.78 is 0. The second-order valence-electron chi connectivity index (χ2n) is 7.43. The molecule has 0 aromatic heterocycles. The topological polar surface area (TPSA) is 49.3 Å². The van der Waals surface area contributed by atoms with E-state index in [-0.39, 0.29) is 17.4 Å². The maximum atomic E-state index is 12.7. The molecule has 0 bridgehead atoms. The van der Waals surface area contributed by atoms with Gasteiger partial charge < -0.3 is 10.4 Å². The van der Waals surface area contributed by atoms with Crippen LogP contribution in [0.4, 0.5) is 0 Å². The van der Waals surface area contributed by atoms with E-state index in [1.807, 2.05) is 0 Å². The Bertz CT molecular complexity index is 519. The maximum Gasteiger partial charge on any atom is 0.162 e. The summed E-state index contributed by atoms with van der Waals surface area (Å²) in [4.78, 5) is 12.7. The molecule has 0 aromatic carbocycles. The number of ketones is 1. The summed E-state index contributed by atoms with van der Waals surface area (Å²) in [6.07, 6.45) is 6.57. The molecule has 4 atom stereocenters. The van der Waals surface area contributed by atoms with Crippen LogP contribution in [-0.2, 0) is 4.79 Å². The standard InChI is InChI=1S/C18H27NO2/c1-11-7-8-19-15(11)9-13-10-18(3)14(12(2)17(13)21)5-4-6-16(18)20/h9,12,14,16,19-20H,4-8,10H2,1-3H3/t12?,14?,16-,18-/m0/s1. The fraction of sp³-hybridized carbons (Fsp3) is 0.722. The average Bonchev–Trinajstić information content (AvgIpc) is 2.84. The van der Waals surface area contributed by atoms with Crippen molar-refractivity contribution < 1.29 is 9.90 Å². The quantitative estimate of drug-likeness (QED) is 0.730. The lowest BCUT2D eigenvalue weighted by atomic mass is 9.54. The number of nitrogens with one attached hydrogen (secondary N) is 1. The van der Waals surface area contributed by atoms with Gasteiger partial charge in [0.1, 0.15) is 0 Å². The third-order valence-corrected chi connectivity index (χ3v) is 6.10. The molecule has 0 aromatic rings. The van der Waals surface area contributed by atoms with Gasteiger partial charge in [0.05, 0.1) is 6.10 Å². The molecule has 0 amide bonds. The molecule has 0 saturated heterocycles. The lowest BCUT2D eigenvalue weighted by molar-refractivity contribution is -0.133. The monoisotopic (exact) mass is 289 g/mol. The number of rotatable bonds is 1. The lowest BCUT2D eigenvalue weighted by Crippen LogP contribution is -2.51. The third-order valence-electron chi connectivity index (χ3n) is 6.10. The molecule has 2 unspecified atom stereocenters. The second kappa shape index (κ2) is 5.28. The molecule has 0 radical (unpaired) electrons. The molecule has 3 aliphatic rings. The van der Waals surface area contributed by atoms with E-state index in [1.165, 1.54) is 5.57 Å². The Morgan fingerprint density at radius 3 is 2.81 bits per heavy atom. The smallest absolute Gasteiger partial charge is 0.162 e. The van der Waals surface area contributed by atoms with E-state index in [0.717, 1.165) is 49.9 Å². The zero-order valence-corrected chi connectivity index (χ0v) is 13.4. The minimum Gasteiger partial charge on any atom is -0.393 e. The second-order valence-corrected chi connectivity index (χ2v) is 7.43. The third kappa shape index (κ3) is 2.36. The first-order chi connectivity index (χ1) is 9.93. The van der Waals surface area contributed by atoms with Crippen molar-refractivity contribution in [2.75, 3.05) is 6.54 Å². The number of aliphatic hydroxyl groups excluding tert-OH is 1. The number of allylic oxidation sites excluding steroid dienone is 2. The maximum absolute atomic E-state index is 12.7. The molecule has 2 aliphatic carbocycles. The zero-order chi connectivity index (χ0) is 15.2. The van der Waals surface area contributed by atoms with Crippen molar-refractivity contribution >= 4 is 5.78 Å². The summed E-state index contributed by atoms with van der Waals surface area (Å²) in [6.45, 7) is 7.33. The SMILES string of the molecule is CC1=C(C=C2C[C@@]3(C)C(CCC[C@@H]3O)C(C)C2=O)NCC1. The molecule has 3 rings (SSSR count). The van der Waals surface area contributed by atoms with Crippen LogP contribution in [-0.4, -0.2) is 23.5 Å². The molecule has 116 valence electrons. The van der Waals surface area contributed by atoms with Gasteiger partial charge in [0, 0.05) is 23.6 Å². The van der Waals surface area contributed by atoms with Crippen LogP contribution < -0.4 is 5.32 Å². The number of hydrogen-bond acceptors (Lipinski definition) is 3. The van der Waals surface area contributed by atoms with Gasteiger partial charge in [-0.3, -0.25) is 4.79 Å². The summed E-state index contributed by atoms with van der Waals surface area (Å²) in [5, 5.41) is 13.9. The fourth-order valence-electron chi connectivity index (χ4n) is 4.62. The summed E-state index contributed by atoms with van der Waals surface area (Å²) in [5.41, 5.74) is 3.23. The van der Waals surface area contributed by atoms with Crippen molar-refractivity contribution in [2.24, 2.45) is 17.3 Å². The first-order valence-electron chi connectivity index (χ1n) is 8.30. The molecule has 1 heterocycles. The minimum atomic E-state index is -0.276. The molecule has 0 spiro atoms. The van der Waals surface area contributed by atoms with Crippen LogP contribution in [0.25, 0.3) is 0 Å². The number of carbonyl (C=O) groups excluding carboxylic acids is 1. The highest BCUT2D eigenvalue weighted by atomic mass is 16.3. The predicted molar refractivity (Wildman–Crippen MR) is 83.6 cm³/mol. The van der Waals surface area contributed by atoms with Crippen LogP contribution in [0.5, 0.6) is 0 Å². The van der Waals surface area contributed by atoms with Gasteiger partial charge in [0.25, 0.3) is 0 Å². The van der Waals surface area contributed by atoms with Gasteiger partial charge in [0.2, 0.25) is 0 Å². The van der Waals surface area contributed by atoms with Gasteiger partial charge in [-0.2, -0.15) is 0 Å². The molecule has 2 fully saturated rings. The first kappa shape index (κ1) is 14.8. The van der Waals surface area contributed by atoms with Gasteiger partial charge in [-0.15, -0.1) is 0 Å². The molecule has 3 heteroatoms. The number of hydrogen-bond donors (Lipinski definition) is 2. The Morgan fingerprint density at radius 1 is 1.38 bits per heavy atom. The molecule has 2 saturated carbocycles. The predicted octanol–water partition coefficient (Wildman–Crippen LogP) is 2.96. The highest BCUT2D eigenvalue weighted by Gasteiger charge is 2.51. The normalized spacial score (nSPS) is 42.2. The molecule has 2 N–H and O–H groups in total. The van der Waals surface area contributed by atoms with Gasteiger partial charge >= 0.3 is 0 Å². The van der Waals surface area contributed by atoms with Gasteiger partial charge in [-0.1, -0.05) is 20.3 Å². The van der Waals surface area contributed by atoms with E-state index in [2.05, 4.69) is 32.2 Å². The van der Waals surface area contributed by atoms with E-state index in [9.17, 15) is 9.90 Å². The lowest BCUT2D eigenvalue weighted by Gasteiger charge is -2.51. The van der Waals surface area contributed by atoms with E-state index < -0.39 is 0 Å². The van der Waals surface area contributed by atoms with E-state index >= 15 is 0 Å². The molecule has 21 heavy (non-hydrogen) atoms. The Balaban J connectivity index is 1.95. The van der Waals surface area contributed by atoms with Gasteiger partial charge in [0.15, 0.2) is 5.78 Å².